The molecule has 1 fully saturated rings. The molecule has 0 spiro atoms. The monoisotopic (exact) mass is 398 g/mol. The maximum Gasteiger partial charge on any atom is 0.313 e. The Morgan fingerprint density at radius 2 is 2.15 bits per heavy atom. The number of aryl methyl sites for hydroxylation is 1. The number of amides is 1. The Morgan fingerprint density at radius 3 is 2.78 bits per heavy atom. The minimum atomic E-state index is -3.53. The van der Waals surface area contributed by atoms with Crippen molar-refractivity contribution in [3.05, 3.63) is 30.1 Å². The van der Waals surface area contributed by atoms with Crippen LogP contribution >= 0.6 is 7.37 Å². The number of hydrogen-bond donors (Lipinski definition) is 1. The van der Waals surface area contributed by atoms with Gasteiger partial charge in [0.05, 0.1) is 5.41 Å². The maximum atomic E-state index is 13.5. The zero-order valence-corrected chi connectivity index (χ0v) is 16.9. The minimum Gasteiger partial charge on any atom is -0.438 e. The van der Waals surface area contributed by atoms with Gasteiger partial charge in [-0.25, -0.2) is 5.06 Å². The van der Waals surface area contributed by atoms with E-state index in [1.165, 1.54) is 0 Å². The van der Waals surface area contributed by atoms with Gasteiger partial charge < -0.3 is 4.74 Å². The number of nitrogens with zero attached hydrogens (tertiary/aromatic N) is 2. The Kier molecular flexibility index (Phi) is 7.14. The second kappa shape index (κ2) is 8.95. The first-order valence-electron chi connectivity index (χ1n) is 8.94. The fourth-order valence-corrected chi connectivity index (χ4v) is 5.16. The molecule has 1 aromatic heterocycles. The van der Waals surface area contributed by atoms with Crippen LogP contribution in [-0.4, -0.2) is 52.3 Å². The quantitative estimate of drug-likeness (QED) is 0.326. The predicted octanol–water partition coefficient (Wildman–Crippen LogP) is 2.85. The van der Waals surface area contributed by atoms with Crippen molar-refractivity contribution in [2.24, 2.45) is 5.41 Å². The van der Waals surface area contributed by atoms with E-state index in [4.69, 9.17) is 9.26 Å². The molecule has 0 radical (unpaired) electrons. The van der Waals surface area contributed by atoms with Gasteiger partial charge in [0, 0.05) is 24.6 Å². The van der Waals surface area contributed by atoms with Crippen molar-refractivity contribution in [1.82, 2.24) is 10.0 Å². The van der Waals surface area contributed by atoms with E-state index in [-0.39, 0.29) is 12.7 Å². The SMILES string of the molecule is CC(C)(C)C(=O)OCOP(=O)(CCc1ccccn1)C1CCCN(O)C1=O. The number of hydroxylamine groups is 2. The lowest BCUT2D eigenvalue weighted by molar-refractivity contribution is -0.169. The summed E-state index contributed by atoms with van der Waals surface area (Å²) in [5, 5.41) is 10.3. The van der Waals surface area contributed by atoms with Gasteiger partial charge in [-0.1, -0.05) is 6.07 Å². The minimum absolute atomic E-state index is 0.0708. The lowest BCUT2D eigenvalue weighted by Crippen LogP contribution is -2.42. The van der Waals surface area contributed by atoms with Crippen LogP contribution in [0.5, 0.6) is 0 Å². The molecule has 150 valence electrons. The number of pyridine rings is 1. The molecule has 1 aliphatic rings. The molecule has 0 aliphatic carbocycles. The number of piperidine rings is 1. The van der Waals surface area contributed by atoms with E-state index in [1.54, 1.807) is 39.1 Å². The standard InChI is InChI=1S/C18H27N2O6P/c1-18(2,3)17(22)25-13-26-27(24,12-9-14-7-4-5-10-19-14)15-8-6-11-20(23)16(15)21/h4-5,7,10,15,23H,6,8-9,11-13H2,1-3H3. The fourth-order valence-electron chi connectivity index (χ4n) is 2.72. The first kappa shape index (κ1) is 21.5. The third kappa shape index (κ3) is 5.86. The van der Waals surface area contributed by atoms with Crippen LogP contribution in [-0.2, 0) is 29.8 Å². The molecule has 1 aliphatic heterocycles. The molecule has 2 atom stereocenters. The summed E-state index contributed by atoms with van der Waals surface area (Å²) in [6.45, 7) is 4.80. The van der Waals surface area contributed by atoms with Gasteiger partial charge in [0.25, 0.3) is 5.91 Å². The topological polar surface area (TPSA) is 106 Å². The Hall–Kier alpha value is -1.76. The zero-order valence-electron chi connectivity index (χ0n) is 16.0. The summed E-state index contributed by atoms with van der Waals surface area (Å²) in [5.74, 6) is -1.11. The van der Waals surface area contributed by atoms with E-state index in [0.717, 1.165) is 5.69 Å². The summed E-state index contributed by atoms with van der Waals surface area (Å²) in [4.78, 5) is 28.4. The van der Waals surface area contributed by atoms with Crippen LogP contribution in [0.2, 0.25) is 0 Å². The Morgan fingerprint density at radius 1 is 1.41 bits per heavy atom. The Bertz CT molecular complexity index is 704. The Balaban J connectivity index is 2.10. The van der Waals surface area contributed by atoms with E-state index in [1.807, 2.05) is 6.07 Å². The number of esters is 1. The van der Waals surface area contributed by atoms with Crippen molar-refractivity contribution in [2.45, 2.75) is 45.7 Å². The van der Waals surface area contributed by atoms with Crippen LogP contribution in [0.25, 0.3) is 0 Å². The van der Waals surface area contributed by atoms with Gasteiger partial charge in [0.15, 0.2) is 6.79 Å². The smallest absolute Gasteiger partial charge is 0.313 e. The molecule has 1 N–H and O–H groups in total. The highest BCUT2D eigenvalue weighted by molar-refractivity contribution is 7.60. The van der Waals surface area contributed by atoms with Gasteiger partial charge in [-0.2, -0.15) is 0 Å². The van der Waals surface area contributed by atoms with E-state index in [2.05, 4.69) is 4.98 Å². The molecule has 2 unspecified atom stereocenters. The van der Waals surface area contributed by atoms with Gasteiger partial charge in [0.2, 0.25) is 7.37 Å². The first-order chi connectivity index (χ1) is 12.6. The van der Waals surface area contributed by atoms with Gasteiger partial charge in [0.1, 0.15) is 5.66 Å². The van der Waals surface area contributed by atoms with Crippen LogP contribution in [0.1, 0.15) is 39.3 Å². The number of carbonyl (C=O) groups excluding carboxylic acids is 2. The van der Waals surface area contributed by atoms with E-state index in [0.29, 0.717) is 24.3 Å². The van der Waals surface area contributed by atoms with Gasteiger partial charge in [-0.15, -0.1) is 0 Å². The average molecular weight is 398 g/mol. The summed E-state index contributed by atoms with van der Waals surface area (Å²) in [5.41, 5.74) is -0.949. The highest BCUT2D eigenvalue weighted by Gasteiger charge is 2.43. The molecule has 1 saturated heterocycles. The van der Waals surface area contributed by atoms with Crippen LogP contribution in [0.15, 0.2) is 24.4 Å². The first-order valence-corrected chi connectivity index (χ1v) is 10.8. The number of hydrogen-bond acceptors (Lipinski definition) is 7. The van der Waals surface area contributed by atoms with Gasteiger partial charge >= 0.3 is 5.97 Å². The Labute approximate surface area is 159 Å². The molecule has 2 heterocycles. The molecule has 1 aromatic rings. The summed E-state index contributed by atoms with van der Waals surface area (Å²) < 4.78 is 24.1. The van der Waals surface area contributed by atoms with Crippen LogP contribution in [0.4, 0.5) is 0 Å². The molecular weight excluding hydrogens is 371 g/mol. The summed E-state index contributed by atoms with van der Waals surface area (Å²) in [6, 6.07) is 5.39. The van der Waals surface area contributed by atoms with Crippen molar-refractivity contribution in [1.29, 1.82) is 0 Å². The van der Waals surface area contributed by atoms with Crippen molar-refractivity contribution in [3.8, 4) is 0 Å². The van der Waals surface area contributed by atoms with Crippen LogP contribution in [0.3, 0.4) is 0 Å². The number of aromatic nitrogens is 1. The second-order valence-corrected chi connectivity index (χ2v) is 10.3. The normalized spacial score (nSPS) is 20.2. The summed E-state index contributed by atoms with van der Waals surface area (Å²) in [6.07, 6.45) is 2.92. The van der Waals surface area contributed by atoms with Crippen molar-refractivity contribution < 1.29 is 28.6 Å². The second-order valence-electron chi connectivity index (χ2n) is 7.57. The molecule has 1 amide bonds. The maximum absolute atomic E-state index is 13.5. The molecule has 2 rings (SSSR count). The average Bonchev–Trinajstić information content (AvgIpc) is 2.62. The third-order valence-electron chi connectivity index (χ3n) is 4.34. The molecule has 9 heteroatoms. The lowest BCUT2D eigenvalue weighted by Gasteiger charge is -2.32. The number of carbonyl (C=O) groups is 2. The number of rotatable bonds is 7. The van der Waals surface area contributed by atoms with E-state index in [9.17, 15) is 19.4 Å². The van der Waals surface area contributed by atoms with Crippen molar-refractivity contribution in [3.63, 3.8) is 0 Å². The van der Waals surface area contributed by atoms with Crippen molar-refractivity contribution in [2.75, 3.05) is 19.5 Å². The van der Waals surface area contributed by atoms with E-state index >= 15 is 0 Å². The third-order valence-corrected chi connectivity index (χ3v) is 7.16. The highest BCUT2D eigenvalue weighted by atomic mass is 31.2. The molecule has 0 saturated carbocycles. The summed E-state index contributed by atoms with van der Waals surface area (Å²) in [7, 11) is -3.53. The number of ether oxygens (including phenoxy) is 1. The van der Waals surface area contributed by atoms with E-state index < -0.39 is 37.1 Å². The molecule has 8 nitrogen and oxygen atoms in total. The summed E-state index contributed by atoms with van der Waals surface area (Å²) >= 11 is 0. The molecule has 0 aromatic carbocycles. The van der Waals surface area contributed by atoms with Gasteiger partial charge in [-0.3, -0.25) is 28.9 Å². The zero-order chi connectivity index (χ0) is 20.1. The lowest BCUT2D eigenvalue weighted by atomic mass is 9.98. The van der Waals surface area contributed by atoms with Crippen molar-refractivity contribution >= 4 is 19.2 Å². The fraction of sp³-hybridized carbons (Fsp3) is 0.611. The predicted molar refractivity (Wildman–Crippen MR) is 98.4 cm³/mol. The molecular formula is C18H27N2O6P. The largest absolute Gasteiger partial charge is 0.438 e. The molecule has 0 bridgehead atoms. The van der Waals surface area contributed by atoms with Crippen LogP contribution < -0.4 is 0 Å². The highest BCUT2D eigenvalue weighted by Crippen LogP contribution is 2.55. The molecule has 27 heavy (non-hydrogen) atoms. The van der Waals surface area contributed by atoms with Crippen LogP contribution in [0, 0.1) is 5.41 Å². The van der Waals surface area contributed by atoms with Gasteiger partial charge in [-0.05, 0) is 52.2 Å².